The molecule has 1 N–H and O–H groups in total. The minimum absolute atomic E-state index is 0.149. The molecule has 2 heterocycles. The first kappa shape index (κ1) is 13.8. The number of nitrogens with one attached hydrogen (secondary N) is 1. The molecular formula is C16H14BrN3O. The molecule has 106 valence electrons. The Labute approximate surface area is 130 Å². The zero-order valence-electron chi connectivity index (χ0n) is 11.3. The Balaban J connectivity index is 1.79. The average molecular weight is 344 g/mol. The van der Waals surface area contributed by atoms with Crippen LogP contribution in [0.4, 0.5) is 5.69 Å². The Hall–Kier alpha value is -2.14. The summed E-state index contributed by atoms with van der Waals surface area (Å²) >= 11 is 3.42. The van der Waals surface area contributed by atoms with Crippen molar-refractivity contribution in [1.82, 2.24) is 9.61 Å². The van der Waals surface area contributed by atoms with Gasteiger partial charge < -0.3 is 5.32 Å². The van der Waals surface area contributed by atoms with Crippen LogP contribution in [0.5, 0.6) is 0 Å². The molecule has 0 unspecified atom stereocenters. The van der Waals surface area contributed by atoms with Gasteiger partial charge >= 0.3 is 0 Å². The molecule has 0 bridgehead atoms. The van der Waals surface area contributed by atoms with E-state index in [0.717, 1.165) is 23.0 Å². The van der Waals surface area contributed by atoms with Gasteiger partial charge in [0.05, 0.1) is 17.3 Å². The second-order valence-corrected chi connectivity index (χ2v) is 5.47. The summed E-state index contributed by atoms with van der Waals surface area (Å²) in [5, 5.41) is 8.00. The van der Waals surface area contributed by atoms with Crippen LogP contribution in [0.15, 0.2) is 54.9 Å². The number of aromatic nitrogens is 2. The van der Waals surface area contributed by atoms with E-state index in [2.05, 4.69) is 26.3 Å². The molecule has 2 aromatic heterocycles. The van der Waals surface area contributed by atoms with Crippen LogP contribution >= 0.6 is 15.9 Å². The quantitative estimate of drug-likeness (QED) is 0.736. The first-order valence-corrected chi connectivity index (χ1v) is 7.79. The standard InChI is InChI=1S/C16H14BrN3O/c17-9-8-12-4-6-13(7-5-12)19-16(21)14-11-18-20-10-2-1-3-15(14)20/h1-7,10-11H,8-9H2,(H,19,21). The highest BCUT2D eigenvalue weighted by Gasteiger charge is 2.12. The minimum atomic E-state index is -0.149. The van der Waals surface area contributed by atoms with Crippen LogP contribution < -0.4 is 5.32 Å². The van der Waals surface area contributed by atoms with Gasteiger partial charge in [0.25, 0.3) is 5.91 Å². The lowest BCUT2D eigenvalue weighted by Crippen LogP contribution is -2.11. The average Bonchev–Trinajstić information content (AvgIpc) is 2.93. The molecule has 0 aliphatic heterocycles. The van der Waals surface area contributed by atoms with Crippen molar-refractivity contribution < 1.29 is 4.79 Å². The molecule has 0 aliphatic rings. The fourth-order valence-electron chi connectivity index (χ4n) is 2.17. The lowest BCUT2D eigenvalue weighted by atomic mass is 10.1. The van der Waals surface area contributed by atoms with Crippen molar-refractivity contribution in [2.75, 3.05) is 10.6 Å². The summed E-state index contributed by atoms with van der Waals surface area (Å²) in [6, 6.07) is 13.5. The van der Waals surface area contributed by atoms with E-state index in [9.17, 15) is 4.79 Å². The molecule has 21 heavy (non-hydrogen) atoms. The van der Waals surface area contributed by atoms with Gasteiger partial charge in [-0.05, 0) is 36.2 Å². The maximum atomic E-state index is 12.3. The predicted octanol–water partition coefficient (Wildman–Crippen LogP) is 3.52. The van der Waals surface area contributed by atoms with Gasteiger partial charge in [-0.3, -0.25) is 4.79 Å². The monoisotopic (exact) mass is 343 g/mol. The van der Waals surface area contributed by atoms with Gasteiger partial charge in [0.1, 0.15) is 0 Å². The highest BCUT2D eigenvalue weighted by atomic mass is 79.9. The fourth-order valence-corrected chi connectivity index (χ4v) is 2.63. The van der Waals surface area contributed by atoms with Crippen LogP contribution in [0.3, 0.4) is 0 Å². The van der Waals surface area contributed by atoms with E-state index in [1.165, 1.54) is 5.56 Å². The summed E-state index contributed by atoms with van der Waals surface area (Å²) in [6.07, 6.45) is 4.38. The fraction of sp³-hybridized carbons (Fsp3) is 0.125. The molecule has 4 nitrogen and oxygen atoms in total. The van der Waals surface area contributed by atoms with Crippen LogP contribution in [-0.4, -0.2) is 20.9 Å². The number of pyridine rings is 1. The van der Waals surface area contributed by atoms with Gasteiger partial charge in [-0.1, -0.05) is 34.1 Å². The van der Waals surface area contributed by atoms with Gasteiger partial charge in [0, 0.05) is 17.2 Å². The Morgan fingerprint density at radius 2 is 2.00 bits per heavy atom. The molecule has 0 aliphatic carbocycles. The Kier molecular flexibility index (Phi) is 4.01. The van der Waals surface area contributed by atoms with E-state index in [1.54, 1.807) is 10.7 Å². The van der Waals surface area contributed by atoms with E-state index in [1.807, 2.05) is 48.7 Å². The van der Waals surface area contributed by atoms with Crippen molar-refractivity contribution in [1.29, 1.82) is 0 Å². The number of carbonyl (C=O) groups excluding carboxylic acids is 1. The van der Waals surface area contributed by atoms with Gasteiger partial charge in [0.2, 0.25) is 0 Å². The van der Waals surface area contributed by atoms with E-state index in [-0.39, 0.29) is 5.91 Å². The first-order valence-electron chi connectivity index (χ1n) is 6.66. The third kappa shape index (κ3) is 2.97. The number of alkyl halides is 1. The molecule has 0 saturated heterocycles. The van der Waals surface area contributed by atoms with Crippen molar-refractivity contribution >= 4 is 33.0 Å². The van der Waals surface area contributed by atoms with Gasteiger partial charge in [-0.25, -0.2) is 4.52 Å². The third-order valence-electron chi connectivity index (χ3n) is 3.27. The molecule has 5 heteroatoms. The van der Waals surface area contributed by atoms with E-state index < -0.39 is 0 Å². The number of aryl methyl sites for hydroxylation is 1. The number of hydrogen-bond donors (Lipinski definition) is 1. The molecular weight excluding hydrogens is 330 g/mol. The van der Waals surface area contributed by atoms with Crippen molar-refractivity contribution in [3.63, 3.8) is 0 Å². The van der Waals surface area contributed by atoms with Gasteiger partial charge in [0.15, 0.2) is 0 Å². The zero-order valence-corrected chi connectivity index (χ0v) is 12.9. The Morgan fingerprint density at radius 1 is 1.19 bits per heavy atom. The topological polar surface area (TPSA) is 46.4 Å². The van der Waals surface area contributed by atoms with Gasteiger partial charge in [-0.2, -0.15) is 5.10 Å². The molecule has 1 aromatic carbocycles. The van der Waals surface area contributed by atoms with Crippen LogP contribution in [0.2, 0.25) is 0 Å². The summed E-state index contributed by atoms with van der Waals surface area (Å²) in [4.78, 5) is 12.3. The molecule has 0 atom stereocenters. The number of amides is 1. The lowest BCUT2D eigenvalue weighted by molar-refractivity contribution is 0.102. The SMILES string of the molecule is O=C(Nc1ccc(CCBr)cc1)c1cnn2ccccc12. The van der Waals surface area contributed by atoms with E-state index in [0.29, 0.717) is 5.56 Å². The van der Waals surface area contributed by atoms with Gasteiger partial charge in [-0.15, -0.1) is 0 Å². The maximum absolute atomic E-state index is 12.3. The molecule has 0 spiro atoms. The van der Waals surface area contributed by atoms with Crippen molar-refractivity contribution in [3.05, 3.63) is 66.0 Å². The third-order valence-corrected chi connectivity index (χ3v) is 3.66. The molecule has 1 amide bonds. The van der Waals surface area contributed by atoms with Crippen molar-refractivity contribution in [2.24, 2.45) is 0 Å². The van der Waals surface area contributed by atoms with Crippen molar-refractivity contribution in [2.45, 2.75) is 6.42 Å². The summed E-state index contributed by atoms with van der Waals surface area (Å²) in [5.74, 6) is -0.149. The molecule has 0 saturated carbocycles. The molecule has 3 aromatic rings. The van der Waals surface area contributed by atoms with Crippen LogP contribution in [0, 0.1) is 0 Å². The molecule has 0 fully saturated rings. The number of rotatable bonds is 4. The van der Waals surface area contributed by atoms with Crippen LogP contribution in [0.25, 0.3) is 5.52 Å². The lowest BCUT2D eigenvalue weighted by Gasteiger charge is -2.05. The number of anilines is 1. The smallest absolute Gasteiger partial charge is 0.259 e. The van der Waals surface area contributed by atoms with E-state index >= 15 is 0 Å². The summed E-state index contributed by atoms with van der Waals surface area (Å²) in [7, 11) is 0. The number of hydrogen-bond acceptors (Lipinski definition) is 2. The molecule has 3 rings (SSSR count). The summed E-state index contributed by atoms with van der Waals surface area (Å²) in [5.41, 5.74) is 3.39. The number of benzene rings is 1. The number of halogens is 1. The second kappa shape index (κ2) is 6.10. The normalized spacial score (nSPS) is 10.7. The summed E-state index contributed by atoms with van der Waals surface area (Å²) < 4.78 is 1.69. The number of fused-ring (bicyclic) bond motifs is 1. The summed E-state index contributed by atoms with van der Waals surface area (Å²) in [6.45, 7) is 0. The molecule has 0 radical (unpaired) electrons. The zero-order chi connectivity index (χ0) is 14.7. The first-order chi connectivity index (χ1) is 10.3. The maximum Gasteiger partial charge on any atom is 0.259 e. The highest BCUT2D eigenvalue weighted by Crippen LogP contribution is 2.15. The highest BCUT2D eigenvalue weighted by molar-refractivity contribution is 9.09. The number of carbonyl (C=O) groups is 1. The van der Waals surface area contributed by atoms with Crippen LogP contribution in [-0.2, 0) is 6.42 Å². The second-order valence-electron chi connectivity index (χ2n) is 4.68. The van der Waals surface area contributed by atoms with Crippen LogP contribution in [0.1, 0.15) is 15.9 Å². The number of nitrogens with zero attached hydrogens (tertiary/aromatic N) is 2. The van der Waals surface area contributed by atoms with E-state index in [4.69, 9.17) is 0 Å². The Morgan fingerprint density at radius 3 is 2.76 bits per heavy atom. The largest absolute Gasteiger partial charge is 0.322 e. The predicted molar refractivity (Wildman–Crippen MR) is 87.1 cm³/mol. The van der Waals surface area contributed by atoms with Crippen molar-refractivity contribution in [3.8, 4) is 0 Å². The Bertz CT molecular complexity index is 765. The minimum Gasteiger partial charge on any atom is -0.322 e.